The van der Waals surface area contributed by atoms with Crippen molar-refractivity contribution in [2.24, 2.45) is 11.8 Å². The lowest BCUT2D eigenvalue weighted by Gasteiger charge is -2.35. The van der Waals surface area contributed by atoms with Crippen LogP contribution >= 0.6 is 0 Å². The minimum atomic E-state index is 0.0323. The molecule has 2 aliphatic heterocycles. The smallest absolute Gasteiger partial charge is 0.226 e. The van der Waals surface area contributed by atoms with E-state index in [0.29, 0.717) is 5.92 Å². The molecule has 0 aliphatic carbocycles. The number of piperidine rings is 1. The van der Waals surface area contributed by atoms with Crippen LogP contribution in [0.3, 0.4) is 0 Å². The monoisotopic (exact) mass is 316 g/mol. The van der Waals surface area contributed by atoms with Crippen molar-refractivity contribution in [3.8, 4) is 0 Å². The maximum absolute atomic E-state index is 12.8. The number of amides is 1. The Bertz CT molecular complexity index is 511. The van der Waals surface area contributed by atoms with Gasteiger partial charge in [-0.05, 0) is 43.8 Å². The number of aliphatic hydroxyl groups excluding tert-OH is 1. The van der Waals surface area contributed by atoms with E-state index >= 15 is 0 Å². The second-order valence-corrected chi connectivity index (χ2v) is 7.08. The van der Waals surface area contributed by atoms with Crippen LogP contribution in [-0.2, 0) is 11.3 Å². The molecule has 0 spiro atoms. The van der Waals surface area contributed by atoms with Crippen LogP contribution in [0.2, 0.25) is 0 Å². The first-order chi connectivity index (χ1) is 11.2. The number of aliphatic hydroxyl groups is 1. The Morgan fingerprint density at radius 3 is 2.48 bits per heavy atom. The Morgan fingerprint density at radius 2 is 1.83 bits per heavy atom. The fourth-order valence-electron chi connectivity index (χ4n) is 3.97. The summed E-state index contributed by atoms with van der Waals surface area (Å²) >= 11 is 0. The minimum absolute atomic E-state index is 0.0323. The van der Waals surface area contributed by atoms with Gasteiger partial charge in [0.25, 0.3) is 0 Å². The molecule has 4 nitrogen and oxygen atoms in total. The molecule has 2 atom stereocenters. The average molecular weight is 316 g/mol. The topological polar surface area (TPSA) is 43.8 Å². The third kappa shape index (κ3) is 3.75. The van der Waals surface area contributed by atoms with E-state index in [-0.39, 0.29) is 24.5 Å². The van der Waals surface area contributed by atoms with Gasteiger partial charge in [0.05, 0.1) is 12.6 Å². The zero-order chi connectivity index (χ0) is 16.2. The predicted octanol–water partition coefficient (Wildman–Crippen LogP) is 2.13. The van der Waals surface area contributed by atoms with Gasteiger partial charge in [0.2, 0.25) is 5.91 Å². The lowest BCUT2D eigenvalue weighted by Crippen LogP contribution is -2.46. The number of carbonyl (C=O) groups excluding carboxylic acids is 1. The van der Waals surface area contributed by atoms with Gasteiger partial charge in [0.15, 0.2) is 0 Å². The van der Waals surface area contributed by atoms with Gasteiger partial charge in [-0.2, -0.15) is 0 Å². The van der Waals surface area contributed by atoms with Crippen molar-refractivity contribution >= 4 is 5.91 Å². The Balaban J connectivity index is 1.51. The van der Waals surface area contributed by atoms with E-state index < -0.39 is 0 Å². The molecule has 2 saturated heterocycles. The number of benzene rings is 1. The highest BCUT2D eigenvalue weighted by atomic mass is 16.3. The van der Waals surface area contributed by atoms with Crippen molar-refractivity contribution in [2.45, 2.75) is 38.8 Å². The first-order valence-corrected chi connectivity index (χ1v) is 8.86. The van der Waals surface area contributed by atoms with Gasteiger partial charge < -0.3 is 10.0 Å². The van der Waals surface area contributed by atoms with Crippen LogP contribution in [0, 0.1) is 11.8 Å². The highest BCUT2D eigenvalue weighted by molar-refractivity contribution is 5.79. The number of rotatable bonds is 4. The highest BCUT2D eigenvalue weighted by Crippen LogP contribution is 2.28. The van der Waals surface area contributed by atoms with E-state index in [1.54, 1.807) is 0 Å². The van der Waals surface area contributed by atoms with Gasteiger partial charge in [-0.25, -0.2) is 0 Å². The van der Waals surface area contributed by atoms with Crippen LogP contribution in [0.4, 0.5) is 0 Å². The molecule has 2 heterocycles. The largest absolute Gasteiger partial charge is 0.394 e. The molecule has 23 heavy (non-hydrogen) atoms. The standard InChI is InChI=1S/C19H28N2O2/c1-15-7-12-21(18(15)14-22)19(23)17-8-10-20(11-9-17)13-16-5-3-2-4-6-16/h2-6,15,17-18,22H,7-14H2,1H3. The molecule has 3 rings (SSSR count). The molecule has 1 aromatic carbocycles. The van der Waals surface area contributed by atoms with E-state index in [0.717, 1.165) is 45.4 Å². The number of nitrogens with zero attached hydrogens (tertiary/aromatic N) is 2. The summed E-state index contributed by atoms with van der Waals surface area (Å²) in [6.45, 7) is 5.99. The third-order valence-electron chi connectivity index (χ3n) is 5.54. The lowest BCUT2D eigenvalue weighted by atomic mass is 9.94. The van der Waals surface area contributed by atoms with Gasteiger partial charge in [-0.15, -0.1) is 0 Å². The normalized spacial score (nSPS) is 26.6. The van der Waals surface area contributed by atoms with E-state index in [1.807, 2.05) is 11.0 Å². The Kier molecular flexibility index (Phi) is 5.34. The molecule has 1 amide bonds. The summed E-state index contributed by atoms with van der Waals surface area (Å²) in [6, 6.07) is 10.6. The quantitative estimate of drug-likeness (QED) is 0.925. The van der Waals surface area contributed by atoms with Crippen molar-refractivity contribution in [1.82, 2.24) is 9.80 Å². The SMILES string of the molecule is CC1CCN(C(=O)C2CCN(Cc3ccccc3)CC2)C1CO. The zero-order valence-corrected chi connectivity index (χ0v) is 14.0. The van der Waals surface area contributed by atoms with Crippen molar-refractivity contribution in [1.29, 1.82) is 0 Å². The summed E-state index contributed by atoms with van der Waals surface area (Å²) in [5, 5.41) is 9.56. The molecule has 0 radical (unpaired) electrons. The molecule has 4 heteroatoms. The molecule has 1 aromatic rings. The van der Waals surface area contributed by atoms with E-state index in [9.17, 15) is 9.90 Å². The number of likely N-dealkylation sites (tertiary alicyclic amines) is 2. The Morgan fingerprint density at radius 1 is 1.13 bits per heavy atom. The van der Waals surface area contributed by atoms with Crippen LogP contribution in [0.15, 0.2) is 30.3 Å². The molecular formula is C19H28N2O2. The van der Waals surface area contributed by atoms with Crippen molar-refractivity contribution in [3.05, 3.63) is 35.9 Å². The third-order valence-corrected chi connectivity index (χ3v) is 5.54. The molecule has 126 valence electrons. The summed E-state index contributed by atoms with van der Waals surface area (Å²) in [4.78, 5) is 17.2. The molecule has 2 fully saturated rings. The van der Waals surface area contributed by atoms with Crippen LogP contribution in [0.5, 0.6) is 0 Å². The van der Waals surface area contributed by atoms with Crippen molar-refractivity contribution < 1.29 is 9.90 Å². The molecule has 0 bridgehead atoms. The molecule has 2 unspecified atom stereocenters. The summed E-state index contributed by atoms with van der Waals surface area (Å²) < 4.78 is 0. The fourth-order valence-corrected chi connectivity index (χ4v) is 3.97. The van der Waals surface area contributed by atoms with E-state index in [1.165, 1.54) is 5.56 Å². The van der Waals surface area contributed by atoms with Crippen molar-refractivity contribution in [3.63, 3.8) is 0 Å². The number of carbonyl (C=O) groups is 1. The van der Waals surface area contributed by atoms with Crippen LogP contribution in [0.1, 0.15) is 31.7 Å². The molecule has 2 aliphatic rings. The summed E-state index contributed by atoms with van der Waals surface area (Å²) in [7, 11) is 0. The summed E-state index contributed by atoms with van der Waals surface area (Å²) in [5.41, 5.74) is 1.34. The minimum Gasteiger partial charge on any atom is -0.394 e. The second-order valence-electron chi connectivity index (χ2n) is 7.08. The van der Waals surface area contributed by atoms with Crippen molar-refractivity contribution in [2.75, 3.05) is 26.2 Å². The first-order valence-electron chi connectivity index (χ1n) is 8.86. The Hall–Kier alpha value is -1.39. The number of hydrogen-bond acceptors (Lipinski definition) is 3. The van der Waals surface area contributed by atoms with E-state index in [4.69, 9.17) is 0 Å². The summed E-state index contributed by atoms with van der Waals surface area (Å²) in [6.07, 6.45) is 2.90. The maximum Gasteiger partial charge on any atom is 0.226 e. The van der Waals surface area contributed by atoms with Gasteiger partial charge in [0, 0.05) is 19.0 Å². The summed E-state index contributed by atoms with van der Waals surface area (Å²) in [5.74, 6) is 0.830. The van der Waals surface area contributed by atoms with Gasteiger partial charge in [0.1, 0.15) is 0 Å². The zero-order valence-electron chi connectivity index (χ0n) is 14.0. The van der Waals surface area contributed by atoms with E-state index in [2.05, 4.69) is 36.1 Å². The fraction of sp³-hybridized carbons (Fsp3) is 0.632. The second kappa shape index (κ2) is 7.45. The lowest BCUT2D eigenvalue weighted by molar-refractivity contribution is -0.139. The average Bonchev–Trinajstić information content (AvgIpc) is 2.96. The molecule has 0 saturated carbocycles. The van der Waals surface area contributed by atoms with Gasteiger partial charge in [-0.1, -0.05) is 37.3 Å². The molecule has 0 aromatic heterocycles. The highest BCUT2D eigenvalue weighted by Gasteiger charge is 2.37. The first kappa shape index (κ1) is 16.5. The van der Waals surface area contributed by atoms with Gasteiger partial charge >= 0.3 is 0 Å². The molecule has 1 N–H and O–H groups in total. The molecular weight excluding hydrogens is 288 g/mol. The Labute approximate surface area is 139 Å². The van der Waals surface area contributed by atoms with Crippen LogP contribution in [-0.4, -0.2) is 53.1 Å². The number of hydrogen-bond donors (Lipinski definition) is 1. The van der Waals surface area contributed by atoms with Crippen LogP contribution in [0.25, 0.3) is 0 Å². The van der Waals surface area contributed by atoms with Crippen LogP contribution < -0.4 is 0 Å². The van der Waals surface area contributed by atoms with Gasteiger partial charge in [-0.3, -0.25) is 9.69 Å². The predicted molar refractivity (Wildman–Crippen MR) is 90.8 cm³/mol. The maximum atomic E-state index is 12.8.